The lowest BCUT2D eigenvalue weighted by Crippen LogP contribution is -2.32. The van der Waals surface area contributed by atoms with Crippen LogP contribution in [0.2, 0.25) is 0 Å². The van der Waals surface area contributed by atoms with E-state index < -0.39 is 11.6 Å². The number of nitrogens with zero attached hydrogens (tertiary/aromatic N) is 1. The second-order valence-electron chi connectivity index (χ2n) is 4.29. The average Bonchev–Trinajstić information content (AvgIpc) is 2.33. The molecule has 1 aliphatic rings. The number of benzene rings is 1. The summed E-state index contributed by atoms with van der Waals surface area (Å²) in [4.78, 5) is 2.22. The molecule has 1 aliphatic heterocycles. The Morgan fingerprint density at radius 3 is 2.38 bits per heavy atom. The van der Waals surface area contributed by atoms with Crippen molar-refractivity contribution in [3.8, 4) is 0 Å². The summed E-state index contributed by atoms with van der Waals surface area (Å²) in [6.07, 6.45) is 3.58. The number of likely N-dealkylation sites (tertiary alicyclic amines) is 1. The van der Waals surface area contributed by atoms with Crippen molar-refractivity contribution in [3.63, 3.8) is 0 Å². The van der Waals surface area contributed by atoms with E-state index in [0.717, 1.165) is 31.5 Å². The van der Waals surface area contributed by atoms with Crippen LogP contribution in [0.5, 0.6) is 0 Å². The Hall–Kier alpha value is -0.960. The molecule has 1 radical (unpaired) electrons. The minimum Gasteiger partial charge on any atom is -0.296 e. The molecule has 0 saturated carbocycles. The third-order valence-electron chi connectivity index (χ3n) is 3.16. The van der Waals surface area contributed by atoms with E-state index in [-0.39, 0.29) is 6.04 Å². The lowest BCUT2D eigenvalue weighted by atomic mass is 10.0. The Kier molecular flexibility index (Phi) is 3.54. The number of hydrogen-bond acceptors (Lipinski definition) is 1. The maximum absolute atomic E-state index is 13.1. The van der Waals surface area contributed by atoms with Crippen molar-refractivity contribution < 1.29 is 8.78 Å². The molecule has 1 atom stereocenters. The fourth-order valence-corrected chi connectivity index (χ4v) is 2.16. The van der Waals surface area contributed by atoms with Gasteiger partial charge < -0.3 is 0 Å². The van der Waals surface area contributed by atoms with E-state index in [1.165, 1.54) is 18.6 Å². The van der Waals surface area contributed by atoms with Gasteiger partial charge in [-0.3, -0.25) is 4.90 Å². The maximum Gasteiger partial charge on any atom is 0.159 e. The van der Waals surface area contributed by atoms with Gasteiger partial charge in [0, 0.05) is 6.04 Å². The Balaban J connectivity index is 2.12. The minimum absolute atomic E-state index is 0.0737. The second-order valence-corrected chi connectivity index (χ2v) is 4.29. The van der Waals surface area contributed by atoms with Crippen molar-refractivity contribution in [1.82, 2.24) is 4.90 Å². The van der Waals surface area contributed by atoms with Gasteiger partial charge in [0.1, 0.15) is 0 Å². The Morgan fingerprint density at radius 2 is 1.75 bits per heavy atom. The van der Waals surface area contributed by atoms with Crippen LogP contribution >= 0.6 is 0 Å². The minimum atomic E-state index is -0.797. The standard InChI is InChI=1S/C13H16F2N/c1-10(16-7-3-2-4-8-16)11-5-6-12(14)13(15)9-11/h5-6,9-10H,1-4,7-8H2. The smallest absolute Gasteiger partial charge is 0.159 e. The Labute approximate surface area is 95.1 Å². The molecule has 2 rings (SSSR count). The zero-order chi connectivity index (χ0) is 11.5. The lowest BCUT2D eigenvalue weighted by Gasteiger charge is -2.32. The third-order valence-corrected chi connectivity index (χ3v) is 3.16. The van der Waals surface area contributed by atoms with Crippen LogP contribution in [0.25, 0.3) is 0 Å². The highest BCUT2D eigenvalue weighted by Gasteiger charge is 2.19. The first-order valence-electron chi connectivity index (χ1n) is 5.70. The van der Waals surface area contributed by atoms with E-state index in [1.807, 2.05) is 0 Å². The lowest BCUT2D eigenvalue weighted by molar-refractivity contribution is 0.190. The first kappa shape index (κ1) is 11.5. The van der Waals surface area contributed by atoms with Gasteiger partial charge in [0.2, 0.25) is 0 Å². The van der Waals surface area contributed by atoms with Gasteiger partial charge in [0.15, 0.2) is 11.6 Å². The summed E-state index contributed by atoms with van der Waals surface area (Å²) in [6.45, 7) is 6.03. The van der Waals surface area contributed by atoms with Crippen LogP contribution in [-0.2, 0) is 0 Å². The summed E-state index contributed by atoms with van der Waals surface area (Å²) in [5.74, 6) is -1.59. The molecule has 1 aromatic rings. The molecule has 1 unspecified atom stereocenters. The second kappa shape index (κ2) is 4.91. The molecule has 3 heteroatoms. The highest BCUT2D eigenvalue weighted by Crippen LogP contribution is 2.24. The van der Waals surface area contributed by atoms with Crippen molar-refractivity contribution in [2.24, 2.45) is 0 Å². The van der Waals surface area contributed by atoms with Crippen molar-refractivity contribution >= 4 is 0 Å². The number of piperidine rings is 1. The molecular weight excluding hydrogens is 208 g/mol. The van der Waals surface area contributed by atoms with Gasteiger partial charge >= 0.3 is 0 Å². The summed E-state index contributed by atoms with van der Waals surface area (Å²) < 4.78 is 25.9. The van der Waals surface area contributed by atoms with Gasteiger partial charge in [-0.25, -0.2) is 8.78 Å². The molecule has 16 heavy (non-hydrogen) atoms. The van der Waals surface area contributed by atoms with E-state index in [0.29, 0.717) is 0 Å². The largest absolute Gasteiger partial charge is 0.296 e. The molecule has 0 amide bonds. The van der Waals surface area contributed by atoms with Crippen molar-refractivity contribution in [2.75, 3.05) is 13.1 Å². The molecule has 1 saturated heterocycles. The first-order chi connectivity index (χ1) is 7.68. The number of halogens is 2. The van der Waals surface area contributed by atoms with Gasteiger partial charge in [-0.15, -0.1) is 0 Å². The summed E-state index contributed by atoms with van der Waals surface area (Å²) in [7, 11) is 0. The number of hydrogen-bond donors (Lipinski definition) is 0. The molecule has 0 N–H and O–H groups in total. The van der Waals surface area contributed by atoms with Gasteiger partial charge in [0.25, 0.3) is 0 Å². The van der Waals surface area contributed by atoms with Crippen LogP contribution in [0.15, 0.2) is 18.2 Å². The van der Waals surface area contributed by atoms with E-state index >= 15 is 0 Å². The van der Waals surface area contributed by atoms with Crippen molar-refractivity contribution in [3.05, 3.63) is 42.3 Å². The summed E-state index contributed by atoms with van der Waals surface area (Å²) in [5, 5.41) is 0. The predicted octanol–water partition coefficient (Wildman–Crippen LogP) is 3.33. The summed E-state index contributed by atoms with van der Waals surface area (Å²) in [5.41, 5.74) is 0.751. The van der Waals surface area contributed by atoms with Gasteiger partial charge in [-0.1, -0.05) is 12.5 Å². The Bertz CT molecular complexity index is 359. The molecular formula is C13H16F2N. The van der Waals surface area contributed by atoms with Crippen LogP contribution in [0.3, 0.4) is 0 Å². The van der Waals surface area contributed by atoms with Gasteiger partial charge in [0.05, 0.1) is 0 Å². The third kappa shape index (κ3) is 2.40. The SMILES string of the molecule is [CH2]C(c1ccc(F)c(F)c1)N1CCCCC1. The van der Waals surface area contributed by atoms with Crippen LogP contribution in [0.4, 0.5) is 8.78 Å². The summed E-state index contributed by atoms with van der Waals surface area (Å²) >= 11 is 0. The molecule has 1 fully saturated rings. The average molecular weight is 224 g/mol. The first-order valence-corrected chi connectivity index (χ1v) is 5.70. The van der Waals surface area contributed by atoms with Gasteiger partial charge in [-0.2, -0.15) is 0 Å². The van der Waals surface area contributed by atoms with E-state index in [4.69, 9.17) is 0 Å². The molecule has 1 aromatic carbocycles. The highest BCUT2D eigenvalue weighted by molar-refractivity contribution is 5.22. The molecule has 0 spiro atoms. The monoisotopic (exact) mass is 224 g/mol. The summed E-state index contributed by atoms with van der Waals surface area (Å²) in [6, 6.07) is 3.97. The zero-order valence-corrected chi connectivity index (χ0v) is 9.26. The molecule has 87 valence electrons. The molecule has 0 aromatic heterocycles. The number of rotatable bonds is 2. The van der Waals surface area contributed by atoms with Crippen LogP contribution < -0.4 is 0 Å². The van der Waals surface area contributed by atoms with E-state index in [2.05, 4.69) is 11.8 Å². The van der Waals surface area contributed by atoms with Crippen molar-refractivity contribution in [1.29, 1.82) is 0 Å². The topological polar surface area (TPSA) is 3.24 Å². The predicted molar refractivity (Wildman–Crippen MR) is 59.9 cm³/mol. The van der Waals surface area contributed by atoms with Crippen LogP contribution in [0.1, 0.15) is 30.9 Å². The Morgan fingerprint density at radius 1 is 1.06 bits per heavy atom. The van der Waals surface area contributed by atoms with E-state index in [9.17, 15) is 8.78 Å². The van der Waals surface area contributed by atoms with Crippen LogP contribution in [-0.4, -0.2) is 18.0 Å². The molecule has 0 aliphatic carbocycles. The van der Waals surface area contributed by atoms with Crippen LogP contribution in [0, 0.1) is 18.6 Å². The van der Waals surface area contributed by atoms with Gasteiger partial charge in [-0.05, 0) is 50.6 Å². The quantitative estimate of drug-likeness (QED) is 0.744. The van der Waals surface area contributed by atoms with E-state index in [1.54, 1.807) is 6.07 Å². The van der Waals surface area contributed by atoms with Crippen molar-refractivity contribution in [2.45, 2.75) is 25.3 Å². The zero-order valence-electron chi connectivity index (χ0n) is 9.26. The normalized spacial score (nSPS) is 19.7. The molecule has 1 heterocycles. The molecule has 1 nitrogen and oxygen atoms in total. The highest BCUT2D eigenvalue weighted by atomic mass is 19.2. The molecule has 0 bridgehead atoms. The fraction of sp³-hybridized carbons (Fsp3) is 0.462. The fourth-order valence-electron chi connectivity index (χ4n) is 2.16. The maximum atomic E-state index is 13.1.